The third kappa shape index (κ3) is 4.39. The Morgan fingerprint density at radius 1 is 1.14 bits per heavy atom. The standard InChI is InChI=1S/C22H25N3O3/c1-22(2,3)28-21(27)25(14-20-23-11-12-24(20)4)13-16-9-10-17(15-26)19-8-6-5-7-18(16)19/h5-12,15H,13-14H2,1-4H3. The second kappa shape index (κ2) is 7.84. The summed E-state index contributed by atoms with van der Waals surface area (Å²) in [7, 11) is 1.89. The number of rotatable bonds is 5. The summed E-state index contributed by atoms with van der Waals surface area (Å²) in [5, 5.41) is 1.82. The quantitative estimate of drug-likeness (QED) is 0.619. The molecule has 0 N–H and O–H groups in total. The van der Waals surface area contributed by atoms with Gasteiger partial charge in [0.25, 0.3) is 0 Å². The van der Waals surface area contributed by atoms with Crippen LogP contribution in [0.4, 0.5) is 4.79 Å². The van der Waals surface area contributed by atoms with Gasteiger partial charge in [0.05, 0.1) is 13.1 Å². The molecule has 1 amide bonds. The maximum atomic E-state index is 12.9. The van der Waals surface area contributed by atoms with Crippen molar-refractivity contribution in [2.75, 3.05) is 0 Å². The lowest BCUT2D eigenvalue weighted by atomic mass is 10.00. The zero-order valence-electron chi connectivity index (χ0n) is 16.7. The number of hydrogen-bond acceptors (Lipinski definition) is 4. The van der Waals surface area contributed by atoms with Gasteiger partial charge in [0, 0.05) is 25.0 Å². The highest BCUT2D eigenvalue weighted by molar-refractivity contribution is 5.99. The van der Waals surface area contributed by atoms with Crippen molar-refractivity contribution in [3.8, 4) is 0 Å². The Hall–Kier alpha value is -3.15. The average molecular weight is 379 g/mol. The molecule has 0 fully saturated rings. The van der Waals surface area contributed by atoms with Crippen LogP contribution in [-0.4, -0.2) is 32.4 Å². The Balaban J connectivity index is 1.97. The molecule has 0 aliphatic heterocycles. The first-order valence-electron chi connectivity index (χ1n) is 9.18. The van der Waals surface area contributed by atoms with Crippen molar-refractivity contribution >= 4 is 23.2 Å². The van der Waals surface area contributed by atoms with Crippen LogP contribution in [0.2, 0.25) is 0 Å². The molecular formula is C22H25N3O3. The molecule has 1 heterocycles. The molecule has 1 aromatic heterocycles. The third-order valence-electron chi connectivity index (χ3n) is 4.44. The molecule has 0 saturated carbocycles. The summed E-state index contributed by atoms with van der Waals surface area (Å²) in [6, 6.07) is 11.4. The van der Waals surface area contributed by atoms with E-state index in [1.165, 1.54) is 0 Å². The lowest BCUT2D eigenvalue weighted by Crippen LogP contribution is -2.36. The zero-order chi connectivity index (χ0) is 20.3. The van der Waals surface area contributed by atoms with Gasteiger partial charge in [-0.1, -0.05) is 36.4 Å². The smallest absolute Gasteiger partial charge is 0.410 e. The van der Waals surface area contributed by atoms with E-state index < -0.39 is 11.7 Å². The highest BCUT2D eigenvalue weighted by Crippen LogP contribution is 2.24. The molecule has 28 heavy (non-hydrogen) atoms. The van der Waals surface area contributed by atoms with Crippen LogP contribution in [0.15, 0.2) is 48.8 Å². The van der Waals surface area contributed by atoms with Crippen LogP contribution in [0.25, 0.3) is 10.8 Å². The summed E-state index contributed by atoms with van der Waals surface area (Å²) >= 11 is 0. The normalized spacial score (nSPS) is 11.4. The van der Waals surface area contributed by atoms with Crippen LogP contribution in [0.3, 0.4) is 0 Å². The average Bonchev–Trinajstić information content (AvgIpc) is 3.04. The van der Waals surface area contributed by atoms with Crippen molar-refractivity contribution in [2.45, 2.75) is 39.5 Å². The lowest BCUT2D eigenvalue weighted by Gasteiger charge is -2.27. The van der Waals surface area contributed by atoms with Gasteiger partial charge in [-0.2, -0.15) is 0 Å². The number of fused-ring (bicyclic) bond motifs is 1. The molecule has 6 nitrogen and oxygen atoms in total. The Morgan fingerprint density at radius 2 is 1.86 bits per heavy atom. The van der Waals surface area contributed by atoms with Crippen LogP contribution < -0.4 is 0 Å². The monoisotopic (exact) mass is 379 g/mol. The van der Waals surface area contributed by atoms with Gasteiger partial charge in [0.2, 0.25) is 0 Å². The second-order valence-corrected chi connectivity index (χ2v) is 7.77. The molecule has 0 spiro atoms. The molecule has 0 saturated heterocycles. The number of aryl methyl sites for hydroxylation is 1. The molecule has 146 valence electrons. The Labute approximate surface area is 164 Å². The minimum Gasteiger partial charge on any atom is -0.444 e. The molecule has 0 unspecified atom stereocenters. The number of carbonyl (C=O) groups excluding carboxylic acids is 2. The maximum Gasteiger partial charge on any atom is 0.410 e. The SMILES string of the molecule is Cn1ccnc1CN(Cc1ccc(C=O)c2ccccc12)C(=O)OC(C)(C)C. The summed E-state index contributed by atoms with van der Waals surface area (Å²) in [5.41, 5.74) is 0.981. The van der Waals surface area contributed by atoms with Crippen molar-refractivity contribution in [1.29, 1.82) is 0 Å². The van der Waals surface area contributed by atoms with E-state index in [0.29, 0.717) is 18.7 Å². The van der Waals surface area contributed by atoms with Crippen LogP contribution in [0.1, 0.15) is 42.5 Å². The lowest BCUT2D eigenvalue weighted by molar-refractivity contribution is 0.0211. The van der Waals surface area contributed by atoms with Crippen molar-refractivity contribution < 1.29 is 14.3 Å². The van der Waals surface area contributed by atoms with Crippen molar-refractivity contribution in [3.05, 3.63) is 65.7 Å². The van der Waals surface area contributed by atoms with Crippen molar-refractivity contribution in [3.63, 3.8) is 0 Å². The van der Waals surface area contributed by atoms with Crippen LogP contribution in [0.5, 0.6) is 0 Å². The van der Waals surface area contributed by atoms with E-state index in [9.17, 15) is 9.59 Å². The number of aromatic nitrogens is 2. The first-order valence-corrected chi connectivity index (χ1v) is 9.18. The van der Waals surface area contributed by atoms with Gasteiger partial charge < -0.3 is 9.30 Å². The molecule has 0 radical (unpaired) electrons. The number of hydrogen-bond donors (Lipinski definition) is 0. The Kier molecular flexibility index (Phi) is 5.49. The van der Waals surface area contributed by atoms with E-state index in [1.807, 2.05) is 68.9 Å². The summed E-state index contributed by atoms with van der Waals surface area (Å²) < 4.78 is 7.49. The summed E-state index contributed by atoms with van der Waals surface area (Å²) in [4.78, 5) is 30.2. The van der Waals surface area contributed by atoms with Crippen LogP contribution >= 0.6 is 0 Å². The largest absolute Gasteiger partial charge is 0.444 e. The number of benzene rings is 2. The van der Waals surface area contributed by atoms with E-state index in [2.05, 4.69) is 4.98 Å². The summed E-state index contributed by atoms with van der Waals surface area (Å²) in [5.74, 6) is 0.764. The molecule has 0 atom stereocenters. The third-order valence-corrected chi connectivity index (χ3v) is 4.44. The van der Waals surface area contributed by atoms with Gasteiger partial charge in [-0.05, 0) is 37.1 Å². The van der Waals surface area contributed by atoms with Gasteiger partial charge in [-0.15, -0.1) is 0 Å². The first-order chi connectivity index (χ1) is 13.3. The minimum absolute atomic E-state index is 0.322. The van der Waals surface area contributed by atoms with E-state index >= 15 is 0 Å². The fourth-order valence-electron chi connectivity index (χ4n) is 3.06. The van der Waals surface area contributed by atoms with Crippen LogP contribution in [0, 0.1) is 0 Å². The second-order valence-electron chi connectivity index (χ2n) is 7.77. The van der Waals surface area contributed by atoms with E-state index in [-0.39, 0.29) is 0 Å². The van der Waals surface area contributed by atoms with E-state index in [4.69, 9.17) is 4.74 Å². The maximum absolute atomic E-state index is 12.9. The molecular weight excluding hydrogens is 354 g/mol. The van der Waals surface area contributed by atoms with Gasteiger partial charge in [-0.25, -0.2) is 9.78 Å². The summed E-state index contributed by atoms with van der Waals surface area (Å²) in [6.07, 6.45) is 4.00. The van der Waals surface area contributed by atoms with E-state index in [0.717, 1.165) is 28.4 Å². The zero-order valence-corrected chi connectivity index (χ0v) is 16.7. The van der Waals surface area contributed by atoms with Crippen molar-refractivity contribution in [1.82, 2.24) is 14.5 Å². The van der Waals surface area contributed by atoms with Gasteiger partial charge in [-0.3, -0.25) is 9.69 Å². The summed E-state index contributed by atoms with van der Waals surface area (Å²) in [6.45, 7) is 6.21. The molecule has 0 bridgehead atoms. The predicted octanol–water partition coefficient (Wildman–Crippen LogP) is 4.32. The van der Waals surface area contributed by atoms with Gasteiger partial charge >= 0.3 is 6.09 Å². The number of carbonyl (C=O) groups is 2. The molecule has 2 aromatic carbocycles. The Morgan fingerprint density at radius 3 is 2.46 bits per heavy atom. The molecule has 6 heteroatoms. The number of aldehydes is 1. The Bertz CT molecular complexity index is 1000. The van der Waals surface area contributed by atoms with Gasteiger partial charge in [0.1, 0.15) is 11.4 Å². The minimum atomic E-state index is -0.597. The highest BCUT2D eigenvalue weighted by Gasteiger charge is 2.24. The topological polar surface area (TPSA) is 64.4 Å². The molecule has 0 aliphatic carbocycles. The molecule has 3 aromatic rings. The first kappa shape index (κ1) is 19.6. The fraction of sp³-hybridized carbons (Fsp3) is 0.318. The van der Waals surface area contributed by atoms with E-state index in [1.54, 1.807) is 17.2 Å². The number of ether oxygens (including phenoxy) is 1. The predicted molar refractivity (Wildman–Crippen MR) is 108 cm³/mol. The fourth-order valence-corrected chi connectivity index (χ4v) is 3.06. The van der Waals surface area contributed by atoms with Gasteiger partial charge in [0.15, 0.2) is 6.29 Å². The van der Waals surface area contributed by atoms with Crippen molar-refractivity contribution in [2.24, 2.45) is 7.05 Å². The number of nitrogens with zero attached hydrogens (tertiary/aromatic N) is 3. The molecule has 3 rings (SSSR count). The number of imidazole rings is 1. The van der Waals surface area contributed by atoms with Crippen LogP contribution in [-0.2, 0) is 24.9 Å². The molecule has 0 aliphatic rings. The highest BCUT2D eigenvalue weighted by atomic mass is 16.6. The number of amides is 1.